The first-order chi connectivity index (χ1) is 14.0. The molecule has 0 aliphatic rings. The second-order valence-corrected chi connectivity index (χ2v) is 6.64. The van der Waals surface area contributed by atoms with Gasteiger partial charge >= 0.3 is 12.1 Å². The zero-order valence-electron chi connectivity index (χ0n) is 16.0. The van der Waals surface area contributed by atoms with Gasteiger partial charge in [-0.05, 0) is 49.8 Å². The van der Waals surface area contributed by atoms with E-state index in [0.717, 1.165) is 12.1 Å². The SMILES string of the molecule is CCOC(=O)C(O)(c1ccc(NC(=S)NC(=O)c2ccccc2)c(C)c1)C(F)(F)F. The minimum Gasteiger partial charge on any atom is -0.463 e. The number of alkyl halides is 3. The second-order valence-electron chi connectivity index (χ2n) is 6.23. The van der Waals surface area contributed by atoms with Gasteiger partial charge in [0.15, 0.2) is 5.11 Å². The van der Waals surface area contributed by atoms with Gasteiger partial charge in [0.1, 0.15) is 0 Å². The van der Waals surface area contributed by atoms with E-state index < -0.39 is 29.2 Å². The van der Waals surface area contributed by atoms with Crippen molar-refractivity contribution < 1.29 is 32.6 Å². The van der Waals surface area contributed by atoms with Crippen molar-refractivity contribution in [3.8, 4) is 0 Å². The van der Waals surface area contributed by atoms with Gasteiger partial charge in [-0.25, -0.2) is 4.79 Å². The van der Waals surface area contributed by atoms with Gasteiger partial charge in [0, 0.05) is 16.8 Å². The lowest BCUT2D eigenvalue weighted by Crippen LogP contribution is -2.50. The number of halogens is 3. The molecule has 3 N–H and O–H groups in total. The Bertz CT molecular complexity index is 951. The van der Waals surface area contributed by atoms with Crippen LogP contribution in [0.3, 0.4) is 0 Å². The number of thiocarbonyl (C=S) groups is 1. The van der Waals surface area contributed by atoms with Crippen LogP contribution in [0.4, 0.5) is 18.9 Å². The third-order valence-electron chi connectivity index (χ3n) is 4.14. The summed E-state index contributed by atoms with van der Waals surface area (Å²) < 4.78 is 44.8. The number of rotatable bonds is 5. The topological polar surface area (TPSA) is 87.7 Å². The number of anilines is 1. The monoisotopic (exact) mass is 440 g/mol. The van der Waals surface area contributed by atoms with Crippen LogP contribution in [0.25, 0.3) is 0 Å². The van der Waals surface area contributed by atoms with Crippen LogP contribution in [0.2, 0.25) is 0 Å². The van der Waals surface area contributed by atoms with Crippen molar-refractivity contribution in [3.63, 3.8) is 0 Å². The van der Waals surface area contributed by atoms with Gasteiger partial charge in [0.25, 0.3) is 11.5 Å². The molecule has 2 aromatic carbocycles. The molecule has 0 heterocycles. The van der Waals surface area contributed by atoms with Gasteiger partial charge in [-0.2, -0.15) is 13.2 Å². The van der Waals surface area contributed by atoms with Crippen LogP contribution in [0.5, 0.6) is 0 Å². The van der Waals surface area contributed by atoms with E-state index in [-0.39, 0.29) is 23.0 Å². The standard InChI is InChI=1S/C20H19F3N2O4S/c1-3-29-17(27)19(28,20(21,22)23)14-9-10-15(12(2)11-14)24-18(30)25-16(26)13-7-5-4-6-8-13/h4-11,28H,3H2,1-2H3,(H2,24,25,26,30). The van der Waals surface area contributed by atoms with Crippen molar-refractivity contribution in [2.75, 3.05) is 11.9 Å². The Balaban J connectivity index is 2.22. The highest BCUT2D eigenvalue weighted by Gasteiger charge is 2.62. The zero-order chi connectivity index (χ0) is 22.5. The molecule has 10 heteroatoms. The lowest BCUT2D eigenvalue weighted by atomic mass is 9.91. The summed E-state index contributed by atoms with van der Waals surface area (Å²) >= 11 is 5.07. The maximum Gasteiger partial charge on any atom is 0.432 e. The maximum atomic E-state index is 13.5. The lowest BCUT2D eigenvalue weighted by Gasteiger charge is -2.29. The highest BCUT2D eigenvalue weighted by Crippen LogP contribution is 2.41. The van der Waals surface area contributed by atoms with Crippen LogP contribution in [-0.2, 0) is 15.1 Å². The van der Waals surface area contributed by atoms with E-state index in [1.165, 1.54) is 19.9 Å². The van der Waals surface area contributed by atoms with Crippen molar-refractivity contribution in [1.29, 1.82) is 0 Å². The lowest BCUT2D eigenvalue weighted by molar-refractivity contribution is -0.267. The predicted octanol–water partition coefficient (Wildman–Crippen LogP) is 3.43. The van der Waals surface area contributed by atoms with Gasteiger partial charge in [-0.3, -0.25) is 10.1 Å². The van der Waals surface area contributed by atoms with E-state index in [9.17, 15) is 27.9 Å². The molecule has 2 rings (SSSR count). The molecule has 160 valence electrons. The Hall–Kier alpha value is -2.98. The fraction of sp³-hybridized carbons (Fsp3) is 0.250. The largest absolute Gasteiger partial charge is 0.463 e. The van der Waals surface area contributed by atoms with Crippen molar-refractivity contribution in [2.24, 2.45) is 0 Å². The maximum absolute atomic E-state index is 13.5. The smallest absolute Gasteiger partial charge is 0.432 e. The van der Waals surface area contributed by atoms with Gasteiger partial charge in [-0.1, -0.05) is 30.3 Å². The number of aryl methyl sites for hydroxylation is 1. The van der Waals surface area contributed by atoms with Crippen molar-refractivity contribution in [1.82, 2.24) is 5.32 Å². The average molecular weight is 440 g/mol. The fourth-order valence-electron chi connectivity index (χ4n) is 2.58. The molecule has 0 fully saturated rings. The van der Waals surface area contributed by atoms with Crippen LogP contribution in [0, 0.1) is 6.92 Å². The highest BCUT2D eigenvalue weighted by atomic mass is 32.1. The third kappa shape index (κ3) is 4.95. The number of carbonyl (C=O) groups excluding carboxylic acids is 2. The molecular formula is C20H19F3N2O4S. The molecule has 1 amide bonds. The number of esters is 1. The Morgan fingerprint density at radius 3 is 2.30 bits per heavy atom. The number of hydrogen-bond donors (Lipinski definition) is 3. The summed E-state index contributed by atoms with van der Waals surface area (Å²) in [6.45, 7) is 2.46. The second kappa shape index (κ2) is 9.23. The molecule has 1 unspecified atom stereocenters. The molecule has 30 heavy (non-hydrogen) atoms. The Kier molecular flexibility index (Phi) is 7.16. The summed E-state index contributed by atoms with van der Waals surface area (Å²) in [4.78, 5) is 24.0. The number of nitrogens with one attached hydrogen (secondary N) is 2. The Morgan fingerprint density at radius 1 is 1.13 bits per heavy atom. The van der Waals surface area contributed by atoms with Crippen molar-refractivity contribution in [3.05, 3.63) is 65.2 Å². The van der Waals surface area contributed by atoms with E-state index in [1.54, 1.807) is 30.3 Å². The van der Waals surface area contributed by atoms with Gasteiger partial charge < -0.3 is 15.2 Å². The quantitative estimate of drug-likeness (QED) is 0.488. The summed E-state index contributed by atoms with van der Waals surface area (Å²) in [6, 6.07) is 11.4. The molecule has 0 bridgehead atoms. The number of amides is 1. The van der Waals surface area contributed by atoms with Crippen LogP contribution < -0.4 is 10.6 Å². The fourth-order valence-corrected chi connectivity index (χ4v) is 2.78. The van der Waals surface area contributed by atoms with Crippen LogP contribution in [-0.4, -0.2) is 34.9 Å². The van der Waals surface area contributed by atoms with Crippen LogP contribution >= 0.6 is 12.2 Å². The van der Waals surface area contributed by atoms with E-state index >= 15 is 0 Å². The first-order valence-corrected chi connectivity index (χ1v) is 9.16. The van der Waals surface area contributed by atoms with Gasteiger partial charge in [-0.15, -0.1) is 0 Å². The summed E-state index contributed by atoms with van der Waals surface area (Å²) in [5.41, 5.74) is -3.61. The molecule has 0 radical (unpaired) electrons. The minimum absolute atomic E-state index is 0.0730. The molecule has 0 aliphatic heterocycles. The molecular weight excluding hydrogens is 421 g/mol. The average Bonchev–Trinajstić information content (AvgIpc) is 2.68. The van der Waals surface area contributed by atoms with E-state index in [2.05, 4.69) is 15.4 Å². The number of aliphatic hydroxyl groups is 1. The summed E-state index contributed by atoms with van der Waals surface area (Å²) in [6.07, 6.45) is -5.29. The first kappa shape index (κ1) is 23.3. The van der Waals surface area contributed by atoms with Crippen molar-refractivity contribution >= 4 is 34.9 Å². The zero-order valence-corrected chi connectivity index (χ0v) is 16.9. The van der Waals surface area contributed by atoms with Crippen molar-refractivity contribution in [2.45, 2.75) is 25.6 Å². The molecule has 0 spiro atoms. The molecule has 6 nitrogen and oxygen atoms in total. The van der Waals surface area contributed by atoms with Gasteiger partial charge in [0.2, 0.25) is 0 Å². The highest BCUT2D eigenvalue weighted by molar-refractivity contribution is 7.80. The summed E-state index contributed by atoms with van der Waals surface area (Å²) in [5.74, 6) is -2.28. The molecule has 0 saturated carbocycles. The first-order valence-electron chi connectivity index (χ1n) is 8.75. The van der Waals surface area contributed by atoms with E-state index in [0.29, 0.717) is 5.56 Å². The van der Waals surface area contributed by atoms with Crippen LogP contribution in [0.15, 0.2) is 48.5 Å². The minimum atomic E-state index is -5.29. The Morgan fingerprint density at radius 2 is 1.77 bits per heavy atom. The number of carbonyl (C=O) groups is 2. The summed E-state index contributed by atoms with van der Waals surface area (Å²) in [5, 5.41) is 15.2. The van der Waals surface area contributed by atoms with E-state index in [4.69, 9.17) is 12.2 Å². The predicted molar refractivity (Wildman–Crippen MR) is 108 cm³/mol. The van der Waals surface area contributed by atoms with E-state index in [1.807, 2.05) is 0 Å². The molecule has 0 aromatic heterocycles. The Labute approximate surface area is 176 Å². The van der Waals surface area contributed by atoms with Gasteiger partial charge in [0.05, 0.1) is 6.61 Å². The molecule has 0 aliphatic carbocycles. The normalized spacial score (nSPS) is 13.1. The number of benzene rings is 2. The van der Waals surface area contributed by atoms with Crippen LogP contribution in [0.1, 0.15) is 28.4 Å². The number of hydrogen-bond acceptors (Lipinski definition) is 5. The molecule has 1 atom stereocenters. The molecule has 2 aromatic rings. The summed E-state index contributed by atoms with van der Waals surface area (Å²) in [7, 11) is 0. The number of ether oxygens (including phenoxy) is 1. The molecule has 0 saturated heterocycles. The third-order valence-corrected chi connectivity index (χ3v) is 4.34.